The van der Waals surface area contributed by atoms with Crippen molar-refractivity contribution in [1.82, 2.24) is 5.32 Å². The number of carbonyl (C=O) groups excluding carboxylic acids is 1. The third-order valence-corrected chi connectivity index (χ3v) is 11.3. The van der Waals surface area contributed by atoms with Crippen LogP contribution in [0.1, 0.15) is 162 Å². The van der Waals surface area contributed by atoms with Crippen LogP contribution in [0, 0.1) is 0 Å². The van der Waals surface area contributed by atoms with Gasteiger partial charge in [0.05, 0.1) is 39.9 Å². The number of aliphatic hydroxyl groups excluding tert-OH is 2. The first-order valence-electron chi connectivity index (χ1n) is 25.0. The van der Waals surface area contributed by atoms with Crippen molar-refractivity contribution >= 4 is 13.7 Å². The van der Waals surface area contributed by atoms with Crippen molar-refractivity contribution in [2.45, 2.75) is 180 Å². The van der Waals surface area contributed by atoms with Gasteiger partial charge in [-0.2, -0.15) is 0 Å². The van der Waals surface area contributed by atoms with Gasteiger partial charge < -0.3 is 24.9 Å². The first-order valence-corrected chi connectivity index (χ1v) is 26.4. The van der Waals surface area contributed by atoms with E-state index in [9.17, 15) is 24.5 Å². The molecule has 4 unspecified atom stereocenters. The molecule has 0 spiro atoms. The molecule has 0 rings (SSSR count). The van der Waals surface area contributed by atoms with E-state index in [-0.39, 0.29) is 18.9 Å². The van der Waals surface area contributed by atoms with Crippen molar-refractivity contribution in [3.8, 4) is 0 Å². The van der Waals surface area contributed by atoms with Crippen LogP contribution in [0.2, 0.25) is 0 Å². The number of nitrogens with zero attached hydrogens (tertiary/aromatic N) is 1. The Balaban J connectivity index is 4.39. The highest BCUT2D eigenvalue weighted by Gasteiger charge is 2.31. The molecule has 0 fully saturated rings. The molecule has 370 valence electrons. The van der Waals surface area contributed by atoms with Gasteiger partial charge in [0.15, 0.2) is 0 Å². The molecule has 4 atom stereocenters. The molecule has 1 amide bonds. The number of nitrogens with one attached hydrogen (secondary N) is 1. The minimum absolute atomic E-state index is 0.00260. The molecular formula is C55H94N2O7P+. The Bertz CT molecular complexity index is 1480. The van der Waals surface area contributed by atoms with Gasteiger partial charge in [0, 0.05) is 6.42 Å². The number of quaternary nitrogens is 1. The zero-order valence-corrected chi connectivity index (χ0v) is 42.4. The zero-order valence-electron chi connectivity index (χ0n) is 41.5. The molecule has 0 aromatic carbocycles. The van der Waals surface area contributed by atoms with Crippen LogP contribution in [-0.4, -0.2) is 84.6 Å². The summed E-state index contributed by atoms with van der Waals surface area (Å²) in [6.45, 7) is 4.20. The summed E-state index contributed by atoms with van der Waals surface area (Å²) in [4.78, 5) is 23.2. The van der Waals surface area contributed by atoms with Crippen LogP contribution in [0.4, 0.5) is 0 Å². The Hall–Kier alpha value is -3.14. The molecule has 0 radical (unpaired) electrons. The molecule has 10 heteroatoms. The Kier molecular flexibility index (Phi) is 42.5. The molecule has 0 aliphatic rings. The molecule has 0 saturated heterocycles. The van der Waals surface area contributed by atoms with Gasteiger partial charge in [0.1, 0.15) is 19.3 Å². The second-order valence-corrected chi connectivity index (χ2v) is 19.0. The zero-order chi connectivity index (χ0) is 48.0. The van der Waals surface area contributed by atoms with Gasteiger partial charge in [-0.3, -0.25) is 13.8 Å². The number of hydrogen-bond acceptors (Lipinski definition) is 6. The predicted molar refractivity (Wildman–Crippen MR) is 278 cm³/mol. The molecule has 0 aromatic rings. The first kappa shape index (κ1) is 61.9. The monoisotopic (exact) mass is 926 g/mol. The van der Waals surface area contributed by atoms with Gasteiger partial charge in [-0.1, -0.05) is 161 Å². The van der Waals surface area contributed by atoms with Gasteiger partial charge >= 0.3 is 7.82 Å². The third kappa shape index (κ3) is 45.8. The quantitative estimate of drug-likeness (QED) is 0.0208. The SMILES string of the molecule is C/C=C/CC/C=C/CC/C=C/CCCC(O)C(O)C(COP(=O)(O)OCC[N+](C)(C)C)NC(=O)CCCCCCCCC/C=C\C/C=C\C/C=C\C/C=C\C/C=C\C/C=C\C/C=C\CC. The van der Waals surface area contributed by atoms with E-state index in [1.54, 1.807) is 0 Å². The molecule has 4 N–H and O–H groups in total. The largest absolute Gasteiger partial charge is 0.472 e. The average molecular weight is 926 g/mol. The van der Waals surface area contributed by atoms with Crippen molar-refractivity contribution in [3.63, 3.8) is 0 Å². The summed E-state index contributed by atoms with van der Waals surface area (Å²) in [7, 11) is 1.37. The second-order valence-electron chi connectivity index (χ2n) is 17.6. The molecule has 0 bridgehead atoms. The number of aliphatic hydroxyl groups is 2. The highest BCUT2D eigenvalue weighted by atomic mass is 31.2. The van der Waals surface area contributed by atoms with Gasteiger partial charge in [-0.05, 0) is 116 Å². The fraction of sp³-hybridized carbons (Fsp3) is 0.618. The molecule has 0 aliphatic carbocycles. The number of phosphoric ester groups is 1. The number of unbranched alkanes of at least 4 members (excludes halogenated alkanes) is 10. The molecule has 65 heavy (non-hydrogen) atoms. The van der Waals surface area contributed by atoms with Crippen molar-refractivity contribution in [2.24, 2.45) is 0 Å². The minimum atomic E-state index is -4.44. The minimum Gasteiger partial charge on any atom is -0.390 e. The molecular weight excluding hydrogens is 832 g/mol. The maximum Gasteiger partial charge on any atom is 0.472 e. The lowest BCUT2D eigenvalue weighted by molar-refractivity contribution is -0.870. The number of hydrogen-bond donors (Lipinski definition) is 4. The fourth-order valence-corrected chi connectivity index (χ4v) is 7.13. The summed E-state index contributed by atoms with van der Waals surface area (Å²) in [5.41, 5.74) is 0. The van der Waals surface area contributed by atoms with Crippen LogP contribution < -0.4 is 5.32 Å². The van der Waals surface area contributed by atoms with E-state index in [1.165, 1.54) is 19.3 Å². The van der Waals surface area contributed by atoms with Crippen LogP contribution in [0.3, 0.4) is 0 Å². The normalized spacial score (nSPS) is 15.6. The second kappa shape index (κ2) is 44.7. The van der Waals surface area contributed by atoms with E-state index in [4.69, 9.17) is 9.05 Å². The molecule has 9 nitrogen and oxygen atoms in total. The first-order chi connectivity index (χ1) is 31.4. The van der Waals surface area contributed by atoms with Crippen LogP contribution in [-0.2, 0) is 18.4 Å². The van der Waals surface area contributed by atoms with E-state index in [1.807, 2.05) is 28.1 Å². The van der Waals surface area contributed by atoms with Gasteiger partial charge in [-0.15, -0.1) is 0 Å². The highest BCUT2D eigenvalue weighted by molar-refractivity contribution is 7.47. The topological polar surface area (TPSA) is 125 Å². The smallest absolute Gasteiger partial charge is 0.390 e. The van der Waals surface area contributed by atoms with Crippen LogP contribution >= 0.6 is 7.82 Å². The summed E-state index contributed by atoms with van der Waals surface area (Å²) in [6.07, 6.45) is 62.9. The van der Waals surface area contributed by atoms with Gasteiger partial charge in [0.2, 0.25) is 5.91 Å². The van der Waals surface area contributed by atoms with Crippen LogP contribution in [0.25, 0.3) is 0 Å². The number of phosphoric acid groups is 1. The molecule has 0 heterocycles. The third-order valence-electron chi connectivity index (χ3n) is 10.3. The molecule has 0 aromatic heterocycles. The highest BCUT2D eigenvalue weighted by Crippen LogP contribution is 2.43. The Morgan fingerprint density at radius 3 is 1.48 bits per heavy atom. The van der Waals surface area contributed by atoms with E-state index < -0.39 is 32.7 Å². The summed E-state index contributed by atoms with van der Waals surface area (Å²) < 4.78 is 23.5. The van der Waals surface area contributed by atoms with Crippen LogP contribution in [0.5, 0.6) is 0 Å². The number of likely N-dealkylation sites (N-methyl/N-ethyl adjacent to an activating group) is 1. The summed E-state index contributed by atoms with van der Waals surface area (Å²) in [5, 5.41) is 24.7. The van der Waals surface area contributed by atoms with E-state index in [2.05, 4.69) is 134 Å². The van der Waals surface area contributed by atoms with Crippen LogP contribution in [0.15, 0.2) is 122 Å². The number of allylic oxidation sites excluding steroid dienone is 20. The van der Waals surface area contributed by atoms with E-state index in [0.717, 1.165) is 103 Å². The molecule has 0 aliphatic heterocycles. The number of amides is 1. The van der Waals surface area contributed by atoms with Crippen molar-refractivity contribution < 1.29 is 38.0 Å². The van der Waals surface area contributed by atoms with Gasteiger partial charge in [-0.25, -0.2) is 4.57 Å². The lowest BCUT2D eigenvalue weighted by Gasteiger charge is -2.28. The van der Waals surface area contributed by atoms with E-state index >= 15 is 0 Å². The lowest BCUT2D eigenvalue weighted by atomic mass is 10.0. The Labute approximate surface area is 397 Å². The predicted octanol–water partition coefficient (Wildman–Crippen LogP) is 13.6. The average Bonchev–Trinajstić information content (AvgIpc) is 3.26. The number of rotatable bonds is 43. The van der Waals surface area contributed by atoms with E-state index in [0.29, 0.717) is 30.3 Å². The fourth-order valence-electron chi connectivity index (χ4n) is 6.40. The van der Waals surface area contributed by atoms with Crippen molar-refractivity contribution in [2.75, 3.05) is 40.9 Å². The molecule has 0 saturated carbocycles. The Morgan fingerprint density at radius 1 is 0.569 bits per heavy atom. The summed E-state index contributed by atoms with van der Waals surface area (Å²) in [6, 6.07) is -1.07. The van der Waals surface area contributed by atoms with Gasteiger partial charge in [0.25, 0.3) is 0 Å². The standard InChI is InChI=1S/C55H93N2O7P/c1-6-8-10-12-14-16-18-20-21-22-23-24-25-26-27-28-29-30-31-32-33-34-35-36-38-40-42-44-46-48-54(59)56-52(51-64-65(61,62)63-50-49-57(3,4)5)55(60)53(58)47-45-43-41-39-37-19-17-15-13-11-9-7-2/h7-10,14-17,20-21,23-24,26-27,29-30,32-33,39,41,52-53,55,58,60H,6,11-13,18-19,22,25,28,31,34-38,40,42-51H2,1-5H3,(H-,56,59,61,62)/p+1/b9-7+,10-8-,16-14-,17-15+,21-20-,24-23-,27-26-,30-29-,33-32-,41-39+. The maximum absolute atomic E-state index is 13.0. The van der Waals surface area contributed by atoms with Crippen molar-refractivity contribution in [1.29, 1.82) is 0 Å². The Morgan fingerprint density at radius 2 is 0.985 bits per heavy atom. The summed E-state index contributed by atoms with van der Waals surface area (Å²) >= 11 is 0. The van der Waals surface area contributed by atoms with Crippen molar-refractivity contribution in [3.05, 3.63) is 122 Å². The number of carbonyl (C=O) groups is 1. The maximum atomic E-state index is 13.0. The summed E-state index contributed by atoms with van der Waals surface area (Å²) in [5.74, 6) is -0.293. The lowest BCUT2D eigenvalue weighted by Crippen LogP contribution is -2.51.